The smallest absolute Gasteiger partial charge is 0.248 e. The lowest BCUT2D eigenvalue weighted by Gasteiger charge is -2.12. The predicted octanol–water partition coefficient (Wildman–Crippen LogP) is 3.18. The van der Waals surface area contributed by atoms with E-state index in [1.165, 1.54) is 25.3 Å². The molecule has 0 aliphatic rings. The molecule has 0 fully saturated rings. The molecular formula is C21H24N2O5S. The lowest BCUT2D eigenvalue weighted by molar-refractivity contribution is -0.111. The molecule has 2 rings (SSSR count). The van der Waals surface area contributed by atoms with E-state index in [0.717, 1.165) is 11.1 Å². The molecule has 3 N–H and O–H groups in total. The molecule has 0 spiro atoms. The van der Waals surface area contributed by atoms with Crippen LogP contribution in [0.4, 0.5) is 5.69 Å². The highest BCUT2D eigenvalue weighted by atomic mass is 32.2. The summed E-state index contributed by atoms with van der Waals surface area (Å²) in [5, 5.41) is 7.89. The van der Waals surface area contributed by atoms with E-state index in [1.807, 2.05) is 0 Å². The van der Waals surface area contributed by atoms with Crippen LogP contribution in [-0.2, 0) is 14.8 Å². The largest absolute Gasteiger partial charge is 0.493 e. The Hall–Kier alpha value is -3.10. The number of carbonyl (C=O) groups is 1. The molecule has 0 bridgehead atoms. The fraction of sp³-hybridized carbons (Fsp3) is 0.190. The van der Waals surface area contributed by atoms with Gasteiger partial charge in [-0.1, -0.05) is 18.7 Å². The first-order valence-electron chi connectivity index (χ1n) is 8.70. The third-order valence-electron chi connectivity index (χ3n) is 4.20. The zero-order chi connectivity index (χ0) is 21.6. The van der Waals surface area contributed by atoms with Gasteiger partial charge in [0.25, 0.3) is 0 Å². The molecule has 8 heteroatoms. The van der Waals surface area contributed by atoms with Crippen molar-refractivity contribution in [3.8, 4) is 11.5 Å². The van der Waals surface area contributed by atoms with Crippen LogP contribution in [0.2, 0.25) is 0 Å². The maximum atomic E-state index is 12.3. The monoisotopic (exact) mass is 416 g/mol. The highest BCUT2D eigenvalue weighted by molar-refractivity contribution is 7.89. The van der Waals surface area contributed by atoms with Gasteiger partial charge < -0.3 is 14.8 Å². The molecule has 154 valence electrons. The fourth-order valence-electron chi connectivity index (χ4n) is 2.52. The molecule has 0 saturated heterocycles. The molecule has 2 aromatic rings. The topological polar surface area (TPSA) is 108 Å². The molecule has 0 aromatic heterocycles. The van der Waals surface area contributed by atoms with Gasteiger partial charge in [0.15, 0.2) is 11.5 Å². The molecule has 0 aliphatic heterocycles. The minimum absolute atomic E-state index is 0.0558. The molecule has 0 atom stereocenters. The van der Waals surface area contributed by atoms with Crippen LogP contribution in [-0.4, -0.2) is 28.0 Å². The standard InChI is InChI=1S/C21H24N2O5S/c1-5-10-28-19-8-6-16(12-20(19)27-4)7-9-21(24)23-18-13-17(29(22,25)26)11-14(2)15(18)3/h5-9,11-13H,1,10H2,2-4H3,(H,23,24)(H2,22,25,26)/b9-7+. The average molecular weight is 416 g/mol. The molecular weight excluding hydrogens is 392 g/mol. The fourth-order valence-corrected chi connectivity index (χ4v) is 3.15. The van der Waals surface area contributed by atoms with Crippen LogP contribution < -0.4 is 19.9 Å². The quantitative estimate of drug-likeness (QED) is 0.508. The highest BCUT2D eigenvalue weighted by Gasteiger charge is 2.13. The average Bonchev–Trinajstić information content (AvgIpc) is 2.67. The zero-order valence-electron chi connectivity index (χ0n) is 16.6. The van der Waals surface area contributed by atoms with Crippen molar-refractivity contribution in [3.05, 3.63) is 65.8 Å². The van der Waals surface area contributed by atoms with Crippen LogP contribution in [0, 0.1) is 13.8 Å². The summed E-state index contributed by atoms with van der Waals surface area (Å²) in [6.07, 6.45) is 4.59. The number of aryl methyl sites for hydroxylation is 1. The first-order chi connectivity index (χ1) is 13.7. The molecule has 0 radical (unpaired) electrons. The van der Waals surface area contributed by atoms with Gasteiger partial charge in [-0.05, 0) is 60.9 Å². The highest BCUT2D eigenvalue weighted by Crippen LogP contribution is 2.28. The van der Waals surface area contributed by atoms with Gasteiger partial charge in [-0.3, -0.25) is 4.79 Å². The Labute approximate surface area is 170 Å². The summed E-state index contributed by atoms with van der Waals surface area (Å²) < 4.78 is 34.0. The van der Waals surface area contributed by atoms with Crippen LogP contribution in [0.15, 0.2) is 54.0 Å². The molecule has 29 heavy (non-hydrogen) atoms. The van der Waals surface area contributed by atoms with Gasteiger partial charge in [0.1, 0.15) is 6.61 Å². The van der Waals surface area contributed by atoms with Crippen molar-refractivity contribution in [1.82, 2.24) is 0 Å². The Kier molecular flexibility index (Phi) is 7.19. The number of rotatable bonds is 8. The maximum absolute atomic E-state index is 12.3. The molecule has 1 amide bonds. The van der Waals surface area contributed by atoms with Gasteiger partial charge >= 0.3 is 0 Å². The number of benzene rings is 2. The van der Waals surface area contributed by atoms with Gasteiger partial charge in [-0.25, -0.2) is 13.6 Å². The number of nitrogens with two attached hydrogens (primary N) is 1. The van der Waals surface area contributed by atoms with E-state index >= 15 is 0 Å². The van der Waals surface area contributed by atoms with Gasteiger partial charge in [0.05, 0.1) is 12.0 Å². The van der Waals surface area contributed by atoms with Crippen LogP contribution in [0.1, 0.15) is 16.7 Å². The van der Waals surface area contributed by atoms with E-state index in [9.17, 15) is 13.2 Å². The van der Waals surface area contributed by atoms with E-state index in [4.69, 9.17) is 14.6 Å². The third-order valence-corrected chi connectivity index (χ3v) is 5.09. The normalized spacial score (nSPS) is 11.3. The number of carbonyl (C=O) groups excluding carboxylic acids is 1. The number of amides is 1. The molecule has 0 aliphatic carbocycles. The number of methoxy groups -OCH3 is 1. The summed E-state index contributed by atoms with van der Waals surface area (Å²) in [6, 6.07) is 8.07. The van der Waals surface area contributed by atoms with Crippen LogP contribution >= 0.6 is 0 Å². The molecule has 2 aromatic carbocycles. The Bertz CT molecular complexity index is 1060. The van der Waals surface area contributed by atoms with Crippen molar-refractivity contribution in [2.24, 2.45) is 5.14 Å². The number of hydrogen-bond acceptors (Lipinski definition) is 5. The Morgan fingerprint density at radius 2 is 1.93 bits per heavy atom. The van der Waals surface area contributed by atoms with E-state index in [0.29, 0.717) is 29.4 Å². The molecule has 0 unspecified atom stereocenters. The Balaban J connectivity index is 2.20. The van der Waals surface area contributed by atoms with Gasteiger partial charge in [-0.15, -0.1) is 0 Å². The SMILES string of the molecule is C=CCOc1ccc(/C=C/C(=O)Nc2cc(S(N)(=O)=O)cc(C)c2C)cc1OC. The number of anilines is 1. The van der Waals surface area contributed by atoms with Crippen molar-refractivity contribution in [1.29, 1.82) is 0 Å². The number of primary sulfonamides is 1. The second-order valence-electron chi connectivity index (χ2n) is 6.29. The van der Waals surface area contributed by atoms with Gasteiger partial charge in [-0.2, -0.15) is 0 Å². The summed E-state index contributed by atoms with van der Waals surface area (Å²) in [6.45, 7) is 7.49. The van der Waals surface area contributed by atoms with Crippen LogP contribution in [0.5, 0.6) is 11.5 Å². The third kappa shape index (κ3) is 5.94. The molecule has 0 saturated carbocycles. The van der Waals surface area contributed by atoms with Crippen molar-refractivity contribution in [2.75, 3.05) is 19.0 Å². The van der Waals surface area contributed by atoms with Crippen LogP contribution in [0.3, 0.4) is 0 Å². The van der Waals surface area contributed by atoms with E-state index < -0.39 is 15.9 Å². The summed E-state index contributed by atoms with van der Waals surface area (Å²) in [7, 11) is -2.35. The van der Waals surface area contributed by atoms with E-state index in [-0.39, 0.29) is 4.90 Å². The van der Waals surface area contributed by atoms with Crippen molar-refractivity contribution < 1.29 is 22.7 Å². The Morgan fingerprint density at radius 3 is 2.55 bits per heavy atom. The summed E-state index contributed by atoms with van der Waals surface area (Å²) in [4.78, 5) is 12.3. The summed E-state index contributed by atoms with van der Waals surface area (Å²) in [5.41, 5.74) is 2.57. The van der Waals surface area contributed by atoms with Crippen molar-refractivity contribution in [3.63, 3.8) is 0 Å². The van der Waals surface area contributed by atoms with Crippen LogP contribution in [0.25, 0.3) is 6.08 Å². The number of hydrogen-bond donors (Lipinski definition) is 2. The van der Waals surface area contributed by atoms with Crippen molar-refractivity contribution in [2.45, 2.75) is 18.7 Å². The minimum atomic E-state index is -3.88. The van der Waals surface area contributed by atoms with Gasteiger partial charge in [0.2, 0.25) is 15.9 Å². The Morgan fingerprint density at radius 1 is 1.21 bits per heavy atom. The summed E-state index contributed by atoms with van der Waals surface area (Å²) in [5.74, 6) is 0.687. The molecule has 7 nitrogen and oxygen atoms in total. The van der Waals surface area contributed by atoms with E-state index in [1.54, 1.807) is 44.2 Å². The number of sulfonamides is 1. The lowest BCUT2D eigenvalue weighted by Crippen LogP contribution is -2.15. The zero-order valence-corrected chi connectivity index (χ0v) is 17.4. The predicted molar refractivity (Wildman–Crippen MR) is 114 cm³/mol. The number of ether oxygens (including phenoxy) is 2. The van der Waals surface area contributed by atoms with E-state index in [2.05, 4.69) is 11.9 Å². The molecule has 0 heterocycles. The lowest BCUT2D eigenvalue weighted by atomic mass is 10.1. The second-order valence-corrected chi connectivity index (χ2v) is 7.85. The van der Waals surface area contributed by atoms with Gasteiger partial charge in [0, 0.05) is 11.8 Å². The minimum Gasteiger partial charge on any atom is -0.493 e. The first-order valence-corrected chi connectivity index (χ1v) is 10.2. The second kappa shape index (κ2) is 9.40. The first kappa shape index (κ1) is 22.2. The summed E-state index contributed by atoms with van der Waals surface area (Å²) >= 11 is 0. The van der Waals surface area contributed by atoms with Crippen molar-refractivity contribution >= 4 is 27.7 Å². The number of nitrogens with one attached hydrogen (secondary N) is 1. The maximum Gasteiger partial charge on any atom is 0.248 e.